The van der Waals surface area contributed by atoms with Crippen molar-refractivity contribution >= 4 is 15.9 Å². The fraction of sp³-hybridized carbons (Fsp3) is 0.316. The van der Waals surface area contributed by atoms with Crippen molar-refractivity contribution in [3.05, 3.63) is 65.0 Å². The third-order valence-electron chi connectivity index (χ3n) is 4.71. The maximum atomic E-state index is 13.3. The molecule has 2 aromatic carbocycles. The molecule has 1 saturated heterocycles. The fourth-order valence-electron chi connectivity index (χ4n) is 2.96. The van der Waals surface area contributed by atoms with Crippen LogP contribution in [0.3, 0.4) is 0 Å². The van der Waals surface area contributed by atoms with Crippen molar-refractivity contribution < 1.29 is 17.6 Å². The van der Waals surface area contributed by atoms with Gasteiger partial charge in [0.15, 0.2) is 0 Å². The average Bonchev–Trinajstić information content (AvgIpc) is 2.63. The molecule has 0 radical (unpaired) electrons. The van der Waals surface area contributed by atoms with Crippen LogP contribution < -0.4 is 0 Å². The Morgan fingerprint density at radius 2 is 1.65 bits per heavy atom. The first-order chi connectivity index (χ1) is 12.3. The Balaban J connectivity index is 1.71. The third kappa shape index (κ3) is 3.64. The van der Waals surface area contributed by atoms with Crippen LogP contribution in [0.5, 0.6) is 0 Å². The molecule has 0 aliphatic carbocycles. The first-order valence-corrected chi connectivity index (χ1v) is 9.85. The smallest absolute Gasteiger partial charge is 0.254 e. The SMILES string of the molecule is Cc1ccc(S(=O)(=O)N2CCN(C(=O)c3cccc(F)c3)CC2)cc1C. The molecule has 0 aromatic heterocycles. The Labute approximate surface area is 153 Å². The van der Waals surface area contributed by atoms with E-state index in [0.717, 1.165) is 11.1 Å². The van der Waals surface area contributed by atoms with Gasteiger partial charge in [0, 0.05) is 31.7 Å². The largest absolute Gasteiger partial charge is 0.336 e. The van der Waals surface area contributed by atoms with Gasteiger partial charge in [-0.25, -0.2) is 12.8 Å². The van der Waals surface area contributed by atoms with Crippen LogP contribution in [-0.4, -0.2) is 49.7 Å². The minimum atomic E-state index is -3.59. The van der Waals surface area contributed by atoms with Gasteiger partial charge in [0.2, 0.25) is 10.0 Å². The number of carbonyl (C=O) groups is 1. The molecule has 0 bridgehead atoms. The summed E-state index contributed by atoms with van der Waals surface area (Å²) in [5.74, 6) is -0.750. The van der Waals surface area contributed by atoms with E-state index >= 15 is 0 Å². The van der Waals surface area contributed by atoms with E-state index in [2.05, 4.69) is 0 Å². The van der Waals surface area contributed by atoms with Crippen LogP contribution in [0, 0.1) is 19.7 Å². The Kier molecular flexibility index (Phi) is 5.11. The number of nitrogens with zero attached hydrogens (tertiary/aromatic N) is 2. The summed E-state index contributed by atoms with van der Waals surface area (Å²) in [4.78, 5) is 14.3. The highest BCUT2D eigenvalue weighted by Gasteiger charge is 2.30. The van der Waals surface area contributed by atoms with Crippen molar-refractivity contribution in [3.63, 3.8) is 0 Å². The number of carbonyl (C=O) groups excluding carboxylic acids is 1. The van der Waals surface area contributed by atoms with Gasteiger partial charge in [0.05, 0.1) is 4.90 Å². The number of hydrogen-bond acceptors (Lipinski definition) is 3. The summed E-state index contributed by atoms with van der Waals surface area (Å²) in [6.07, 6.45) is 0. The van der Waals surface area contributed by atoms with Gasteiger partial charge in [0.25, 0.3) is 5.91 Å². The molecule has 0 unspecified atom stereocenters. The fourth-order valence-corrected chi connectivity index (χ4v) is 4.47. The van der Waals surface area contributed by atoms with Crippen LogP contribution in [-0.2, 0) is 10.0 Å². The van der Waals surface area contributed by atoms with Crippen LogP contribution >= 0.6 is 0 Å². The number of aryl methyl sites for hydroxylation is 2. The lowest BCUT2D eigenvalue weighted by atomic mass is 10.1. The van der Waals surface area contributed by atoms with Crippen LogP contribution in [0.2, 0.25) is 0 Å². The lowest BCUT2D eigenvalue weighted by molar-refractivity contribution is 0.0697. The minimum absolute atomic E-state index is 0.219. The van der Waals surface area contributed by atoms with E-state index in [0.29, 0.717) is 0 Å². The molecule has 1 fully saturated rings. The van der Waals surface area contributed by atoms with Crippen molar-refractivity contribution in [1.29, 1.82) is 0 Å². The van der Waals surface area contributed by atoms with E-state index in [1.165, 1.54) is 22.5 Å². The monoisotopic (exact) mass is 376 g/mol. The van der Waals surface area contributed by atoms with Crippen molar-refractivity contribution in [1.82, 2.24) is 9.21 Å². The lowest BCUT2D eigenvalue weighted by Gasteiger charge is -2.34. The summed E-state index contributed by atoms with van der Waals surface area (Å²) in [7, 11) is -3.59. The molecule has 1 aliphatic heterocycles. The van der Waals surface area contributed by atoms with E-state index in [4.69, 9.17) is 0 Å². The predicted molar refractivity (Wildman–Crippen MR) is 97.0 cm³/mol. The molecule has 0 spiro atoms. The highest BCUT2D eigenvalue weighted by Crippen LogP contribution is 2.21. The number of amides is 1. The van der Waals surface area contributed by atoms with Gasteiger partial charge in [-0.2, -0.15) is 4.31 Å². The Morgan fingerprint density at radius 3 is 2.27 bits per heavy atom. The van der Waals surface area contributed by atoms with E-state index in [1.807, 2.05) is 13.8 Å². The number of piperazine rings is 1. The molecule has 1 aliphatic rings. The van der Waals surface area contributed by atoms with Crippen molar-refractivity contribution in [2.24, 2.45) is 0 Å². The normalized spacial score (nSPS) is 15.9. The van der Waals surface area contributed by atoms with Crippen LogP contribution in [0.25, 0.3) is 0 Å². The average molecular weight is 376 g/mol. The van der Waals surface area contributed by atoms with Gasteiger partial charge in [-0.1, -0.05) is 12.1 Å². The van der Waals surface area contributed by atoms with Gasteiger partial charge < -0.3 is 4.90 Å². The molecule has 0 saturated carbocycles. The second-order valence-electron chi connectivity index (χ2n) is 6.45. The zero-order valence-corrected chi connectivity index (χ0v) is 15.6. The first kappa shape index (κ1) is 18.5. The molecule has 0 atom stereocenters. The zero-order valence-electron chi connectivity index (χ0n) is 14.8. The van der Waals surface area contributed by atoms with Gasteiger partial charge >= 0.3 is 0 Å². The molecule has 138 valence electrons. The maximum Gasteiger partial charge on any atom is 0.254 e. The van der Waals surface area contributed by atoms with E-state index in [1.54, 1.807) is 29.2 Å². The summed E-state index contributed by atoms with van der Waals surface area (Å²) >= 11 is 0. The maximum absolute atomic E-state index is 13.3. The highest BCUT2D eigenvalue weighted by atomic mass is 32.2. The summed E-state index contributed by atoms with van der Waals surface area (Å²) in [5.41, 5.74) is 2.23. The number of benzene rings is 2. The summed E-state index contributed by atoms with van der Waals surface area (Å²) in [6.45, 7) is 4.80. The molecular formula is C19H21FN2O3S. The number of hydrogen-bond donors (Lipinski definition) is 0. The van der Waals surface area contributed by atoms with Gasteiger partial charge in [-0.15, -0.1) is 0 Å². The summed E-state index contributed by atoms with van der Waals surface area (Å²) < 4.78 is 40.3. The quantitative estimate of drug-likeness (QED) is 0.827. The van der Waals surface area contributed by atoms with Crippen molar-refractivity contribution in [2.45, 2.75) is 18.7 Å². The van der Waals surface area contributed by atoms with E-state index in [9.17, 15) is 17.6 Å². The Bertz CT molecular complexity index is 936. The Hall–Kier alpha value is -2.25. The molecule has 5 nitrogen and oxygen atoms in total. The number of rotatable bonds is 3. The van der Waals surface area contributed by atoms with Crippen LogP contribution in [0.15, 0.2) is 47.4 Å². The van der Waals surface area contributed by atoms with Crippen LogP contribution in [0.1, 0.15) is 21.5 Å². The first-order valence-electron chi connectivity index (χ1n) is 8.41. The van der Waals surface area contributed by atoms with E-state index < -0.39 is 15.8 Å². The third-order valence-corrected chi connectivity index (χ3v) is 6.61. The zero-order chi connectivity index (χ0) is 18.9. The summed E-state index contributed by atoms with van der Waals surface area (Å²) in [5, 5.41) is 0. The highest BCUT2D eigenvalue weighted by molar-refractivity contribution is 7.89. The predicted octanol–water partition coefficient (Wildman–Crippen LogP) is 2.59. The second-order valence-corrected chi connectivity index (χ2v) is 8.39. The van der Waals surface area contributed by atoms with Gasteiger partial charge in [-0.3, -0.25) is 4.79 Å². The summed E-state index contributed by atoms with van der Waals surface area (Å²) in [6, 6.07) is 10.6. The lowest BCUT2D eigenvalue weighted by Crippen LogP contribution is -2.50. The minimum Gasteiger partial charge on any atom is -0.336 e. The molecule has 1 amide bonds. The molecule has 2 aromatic rings. The molecule has 0 N–H and O–H groups in total. The van der Waals surface area contributed by atoms with E-state index in [-0.39, 0.29) is 42.5 Å². The van der Waals surface area contributed by atoms with Crippen molar-refractivity contribution in [3.8, 4) is 0 Å². The molecular weight excluding hydrogens is 355 g/mol. The van der Waals surface area contributed by atoms with Gasteiger partial charge in [0.1, 0.15) is 5.82 Å². The number of halogens is 1. The Morgan fingerprint density at radius 1 is 0.962 bits per heavy atom. The molecule has 1 heterocycles. The molecule has 7 heteroatoms. The molecule has 26 heavy (non-hydrogen) atoms. The van der Waals surface area contributed by atoms with Gasteiger partial charge in [-0.05, 0) is 55.3 Å². The second kappa shape index (κ2) is 7.17. The topological polar surface area (TPSA) is 57.7 Å². The van der Waals surface area contributed by atoms with Crippen molar-refractivity contribution in [2.75, 3.05) is 26.2 Å². The van der Waals surface area contributed by atoms with Crippen LogP contribution in [0.4, 0.5) is 4.39 Å². The number of sulfonamides is 1. The standard InChI is InChI=1S/C19H21FN2O3S/c1-14-6-7-18(12-15(14)2)26(24,25)22-10-8-21(9-11-22)19(23)16-4-3-5-17(20)13-16/h3-7,12-13H,8-11H2,1-2H3. The molecule has 3 rings (SSSR count).